The van der Waals surface area contributed by atoms with Crippen LogP contribution in [0.25, 0.3) is 21.5 Å². The van der Waals surface area contributed by atoms with Crippen molar-refractivity contribution in [1.82, 2.24) is 18.7 Å². The minimum absolute atomic E-state index is 0. The van der Waals surface area contributed by atoms with Gasteiger partial charge in [-0.25, -0.2) is 0 Å². The fourth-order valence-corrected chi connectivity index (χ4v) is 18.8. The Hall–Kier alpha value is -6.62. The van der Waals surface area contributed by atoms with Crippen molar-refractivity contribution in [3.63, 3.8) is 0 Å². The van der Waals surface area contributed by atoms with Crippen molar-refractivity contribution in [3.05, 3.63) is 290 Å². The van der Waals surface area contributed by atoms with E-state index in [0.717, 1.165) is 39.3 Å². The molecule has 0 bridgehead atoms. The largest absolute Gasteiger partial charge is 2.00 e. The summed E-state index contributed by atoms with van der Waals surface area (Å²) in [5.41, 5.74) is 2.90. The Labute approximate surface area is 422 Å². The first kappa shape index (κ1) is 48.4. The van der Waals surface area contributed by atoms with E-state index in [1.165, 1.54) is 19.3 Å². The van der Waals surface area contributed by atoms with Crippen LogP contribution in [-0.2, 0) is 19.5 Å². The van der Waals surface area contributed by atoms with Crippen molar-refractivity contribution in [2.75, 3.05) is 0 Å². The zero-order chi connectivity index (χ0) is 46.1. The average Bonchev–Trinajstić information content (AvgIpc) is 3.94. The van der Waals surface area contributed by atoms with Gasteiger partial charge in [0.25, 0.3) is 22.2 Å². The molecule has 70 heavy (non-hydrogen) atoms. The minimum atomic E-state index is -2.09. The molecule has 9 aromatic rings. The number of benzene rings is 7. The van der Waals surface area contributed by atoms with Gasteiger partial charge in [-0.2, -0.15) is 25.1 Å². The topological polar surface area (TPSA) is 88.0 Å². The van der Waals surface area contributed by atoms with Crippen molar-refractivity contribution in [2.24, 2.45) is 0 Å². The van der Waals surface area contributed by atoms with E-state index in [4.69, 9.17) is 0 Å². The van der Waals surface area contributed by atoms with Crippen LogP contribution >= 0.6 is 15.8 Å². The SMILES string of the molecule is O=c1c2ccccc2c(=O)n2n1[C@H](c1ccccc1)[PH+](c1ccccc1[PH+]1[C@@H](c3ccccc3)n3c(=O)c4ccccc4c(=O)n3[C@@H]1c1ccccc1)[C@H]2c1ccccc1.[C-]1=CCCC=CCC1.[CH3-].[Rh+2]. The van der Waals surface area contributed by atoms with E-state index < -0.39 is 39.0 Å². The third-order valence-electron chi connectivity index (χ3n) is 13.5. The van der Waals surface area contributed by atoms with Gasteiger partial charge in [0.2, 0.25) is 0 Å². The number of hydrogen-bond acceptors (Lipinski definition) is 4. The predicted molar refractivity (Wildman–Crippen MR) is 287 cm³/mol. The van der Waals surface area contributed by atoms with Gasteiger partial charge in [-0.15, -0.1) is 0 Å². The molecule has 0 spiro atoms. The Morgan fingerprint density at radius 1 is 0.357 bits per heavy atom. The summed E-state index contributed by atoms with van der Waals surface area (Å²) in [6, 6.07) is 63.0. The molecule has 8 nitrogen and oxygen atoms in total. The summed E-state index contributed by atoms with van der Waals surface area (Å²) < 4.78 is 6.98. The third kappa shape index (κ3) is 8.49. The maximum atomic E-state index is 15.0. The number of hydrogen-bond donors (Lipinski definition) is 0. The van der Waals surface area contributed by atoms with Gasteiger partial charge in [-0.05, 0) is 42.8 Å². The first-order valence-corrected chi connectivity index (χ1v) is 26.6. The van der Waals surface area contributed by atoms with Crippen LogP contribution in [-0.4, -0.2) is 18.7 Å². The molecule has 4 atom stereocenters. The first-order chi connectivity index (χ1) is 33.5. The third-order valence-corrected chi connectivity index (χ3v) is 20.5. The Kier molecular flexibility index (Phi) is 14.6. The van der Waals surface area contributed by atoms with Gasteiger partial charge < -0.3 is 13.5 Å². The normalized spacial score (nSPS) is 18.4. The van der Waals surface area contributed by atoms with E-state index in [0.29, 0.717) is 21.5 Å². The molecule has 349 valence electrons. The summed E-state index contributed by atoms with van der Waals surface area (Å²) in [5, 5.41) is 3.69. The molecule has 0 saturated carbocycles. The van der Waals surface area contributed by atoms with Gasteiger partial charge in [-0.1, -0.05) is 183 Å². The van der Waals surface area contributed by atoms with E-state index in [1.807, 2.05) is 97.1 Å². The molecule has 2 aliphatic heterocycles. The molecule has 0 N–H and O–H groups in total. The maximum Gasteiger partial charge on any atom is 2.00 e. The van der Waals surface area contributed by atoms with Gasteiger partial charge >= 0.3 is 19.5 Å². The molecule has 7 aromatic carbocycles. The van der Waals surface area contributed by atoms with Crippen molar-refractivity contribution in [2.45, 2.75) is 48.8 Å². The van der Waals surface area contributed by atoms with E-state index in [-0.39, 0.29) is 49.1 Å². The van der Waals surface area contributed by atoms with Crippen LogP contribution in [0.2, 0.25) is 0 Å². The van der Waals surface area contributed by atoms with E-state index in [9.17, 15) is 0 Å². The Morgan fingerprint density at radius 3 is 0.943 bits per heavy atom. The summed E-state index contributed by atoms with van der Waals surface area (Å²) in [4.78, 5) is 60.1. The Balaban J connectivity index is 0.000000556. The Morgan fingerprint density at radius 2 is 0.629 bits per heavy atom. The second-order valence-electron chi connectivity index (χ2n) is 17.4. The van der Waals surface area contributed by atoms with Gasteiger partial charge in [0.1, 0.15) is 10.6 Å². The zero-order valence-electron chi connectivity index (χ0n) is 38.6. The van der Waals surface area contributed by atoms with Crippen LogP contribution in [0.5, 0.6) is 0 Å². The average molecular weight is 1050 g/mol. The Bertz CT molecular complexity index is 3160. The zero-order valence-corrected chi connectivity index (χ0v) is 42.2. The summed E-state index contributed by atoms with van der Waals surface area (Å²) in [5.74, 6) is -1.96. The second-order valence-corrected chi connectivity index (χ2v) is 22.5. The van der Waals surface area contributed by atoms with Crippen LogP contribution < -0.4 is 32.8 Å². The summed E-state index contributed by atoms with van der Waals surface area (Å²) in [6.45, 7) is 0. The molecule has 0 amide bonds. The van der Waals surface area contributed by atoms with E-state index in [2.05, 4.69) is 97.1 Å². The van der Waals surface area contributed by atoms with E-state index >= 15 is 19.2 Å². The summed E-state index contributed by atoms with van der Waals surface area (Å²) in [7, 11) is -4.18. The summed E-state index contributed by atoms with van der Waals surface area (Å²) in [6.07, 6.45) is 14.5. The van der Waals surface area contributed by atoms with E-state index in [1.54, 1.807) is 43.0 Å². The molecule has 2 aromatic heterocycles. The predicted octanol–water partition coefficient (Wildman–Crippen LogP) is 10.9. The first-order valence-electron chi connectivity index (χ1n) is 23.3. The summed E-state index contributed by atoms with van der Waals surface area (Å²) >= 11 is 0. The fourth-order valence-electron chi connectivity index (χ4n) is 10.6. The van der Waals surface area contributed by atoms with Gasteiger partial charge in [0.05, 0.1) is 37.4 Å². The molecular weight excluding hydrogens is 994 g/mol. The molecule has 3 aliphatic rings. The number of allylic oxidation sites excluding steroid dienone is 4. The molecule has 0 saturated heterocycles. The quantitative estimate of drug-likeness (QED) is 0.0718. The number of rotatable bonds is 6. The monoisotopic (exact) mass is 1050 g/mol. The fraction of sp³-hybridized carbons (Fsp3) is 0.136. The molecule has 1 aliphatic carbocycles. The smallest absolute Gasteiger partial charge is 0.500 e. The van der Waals surface area contributed by atoms with Crippen molar-refractivity contribution in [1.29, 1.82) is 0 Å². The molecular formula is C59H52N4O4P2Rh+2. The van der Waals surface area contributed by atoms with Gasteiger partial charge in [0, 0.05) is 22.3 Å². The minimum Gasteiger partial charge on any atom is -0.500 e. The standard InChI is InChI=1S/C50H36N4O4P2.C8H11.CH3.Rh/c55-43-37-27-13-14-28-38(37)44(56)52-48(34-21-7-2-8-22-34)59(47(51(43)52)33-19-5-1-6-20-33)41-31-17-18-32-42(41)60-49(35-23-9-3-10-24-35)53-45(57)39-29-15-16-30-40(39)46(58)54(53)50(60)36-25-11-4-12-26-36;1-2-4-6-8-7-5-3-1;;/h1-32,47-50H;1-2,7H,3-6H2;1H3;/q;2*-1;+2/p+2/t47-,48-,49-,50-;;;/m0.../s1. The molecule has 0 unspecified atom stereocenters. The van der Waals surface area contributed by atoms with Crippen LogP contribution in [0.4, 0.5) is 0 Å². The van der Waals surface area contributed by atoms with Gasteiger partial charge in [0.15, 0.2) is 23.1 Å². The van der Waals surface area contributed by atoms with Crippen molar-refractivity contribution < 1.29 is 19.5 Å². The maximum absolute atomic E-state index is 15.0. The molecule has 4 heterocycles. The van der Waals surface area contributed by atoms with Crippen LogP contribution in [0, 0.1) is 13.5 Å². The molecule has 12 rings (SSSR count). The van der Waals surface area contributed by atoms with Crippen LogP contribution in [0.3, 0.4) is 0 Å². The second kappa shape index (κ2) is 21.2. The van der Waals surface area contributed by atoms with Crippen molar-refractivity contribution in [3.8, 4) is 0 Å². The number of nitrogens with zero attached hydrogens (tertiary/aromatic N) is 4. The van der Waals surface area contributed by atoms with Crippen LogP contribution in [0.1, 0.15) is 71.1 Å². The van der Waals surface area contributed by atoms with Gasteiger partial charge in [-0.3, -0.25) is 25.3 Å². The number of aromatic nitrogens is 4. The molecule has 11 heteroatoms. The van der Waals surface area contributed by atoms with Crippen LogP contribution in [0.15, 0.2) is 232 Å². The van der Waals surface area contributed by atoms with Crippen molar-refractivity contribution >= 4 is 48.0 Å². The number of fused-ring (bicyclic) bond motifs is 4. The molecule has 1 radical (unpaired) electrons. The molecule has 0 fully saturated rings.